The fraction of sp³-hybridized carbons (Fsp3) is 0.211. The van der Waals surface area contributed by atoms with Crippen molar-refractivity contribution in [1.29, 1.82) is 0 Å². The number of ether oxygens (including phenoxy) is 3. The Bertz CT molecular complexity index is 1110. The molecule has 130 valence electrons. The Morgan fingerprint density at radius 1 is 1.08 bits per heavy atom. The predicted molar refractivity (Wildman–Crippen MR) is 99.7 cm³/mol. The van der Waals surface area contributed by atoms with Crippen molar-refractivity contribution >= 4 is 32.6 Å². The summed E-state index contributed by atoms with van der Waals surface area (Å²) in [5, 5.41) is 0.908. The molecule has 0 unspecified atom stereocenters. The van der Waals surface area contributed by atoms with E-state index in [4.69, 9.17) is 19.2 Å². The van der Waals surface area contributed by atoms with E-state index < -0.39 is 0 Å². The van der Waals surface area contributed by atoms with Gasteiger partial charge in [-0.1, -0.05) is 0 Å². The molecular weight excluding hydrogens is 350 g/mol. The van der Waals surface area contributed by atoms with Crippen LogP contribution in [0.3, 0.4) is 0 Å². The summed E-state index contributed by atoms with van der Waals surface area (Å²) < 4.78 is 17.1. The largest absolute Gasteiger partial charge is 0.454 e. The van der Waals surface area contributed by atoms with Gasteiger partial charge in [0.1, 0.15) is 5.01 Å². The van der Waals surface area contributed by atoms with E-state index in [-0.39, 0.29) is 6.79 Å². The summed E-state index contributed by atoms with van der Waals surface area (Å²) in [7, 11) is 1.65. The van der Waals surface area contributed by atoms with Gasteiger partial charge in [-0.2, -0.15) is 0 Å². The third-order valence-electron chi connectivity index (χ3n) is 4.25. The van der Waals surface area contributed by atoms with Crippen molar-refractivity contribution in [2.45, 2.75) is 13.5 Å². The van der Waals surface area contributed by atoms with Crippen LogP contribution in [0.5, 0.6) is 11.5 Å². The quantitative estimate of drug-likeness (QED) is 0.545. The molecule has 0 amide bonds. The number of rotatable bonds is 3. The second-order valence-corrected chi connectivity index (χ2v) is 7.20. The molecule has 0 saturated carbocycles. The fourth-order valence-electron chi connectivity index (χ4n) is 3.12. The predicted octanol–water partition coefficient (Wildman–Crippen LogP) is 4.09. The van der Waals surface area contributed by atoms with Gasteiger partial charge in [0.05, 0.1) is 39.7 Å². The highest BCUT2D eigenvalue weighted by atomic mass is 32.1. The van der Waals surface area contributed by atoms with Crippen molar-refractivity contribution in [2.24, 2.45) is 0 Å². The van der Waals surface area contributed by atoms with E-state index in [0.29, 0.717) is 6.61 Å². The molecule has 0 saturated heterocycles. The summed E-state index contributed by atoms with van der Waals surface area (Å²) in [5.41, 5.74) is 5.50. The maximum absolute atomic E-state index is 5.47. The Balaban J connectivity index is 1.69. The van der Waals surface area contributed by atoms with Crippen LogP contribution in [0.2, 0.25) is 0 Å². The number of fused-ring (bicyclic) bond motifs is 3. The molecule has 1 aliphatic heterocycles. The second kappa shape index (κ2) is 5.89. The summed E-state index contributed by atoms with van der Waals surface area (Å²) in [6, 6.07) is 8.05. The first kappa shape index (κ1) is 15.5. The van der Waals surface area contributed by atoms with Crippen LogP contribution in [0.1, 0.15) is 11.3 Å². The van der Waals surface area contributed by atoms with E-state index in [1.807, 2.05) is 18.2 Å². The van der Waals surface area contributed by atoms with Gasteiger partial charge in [0.2, 0.25) is 6.79 Å². The average molecular weight is 365 g/mol. The molecule has 0 spiro atoms. The summed E-state index contributed by atoms with van der Waals surface area (Å²) in [5.74, 6) is 1.51. The van der Waals surface area contributed by atoms with Gasteiger partial charge in [-0.3, -0.25) is 4.98 Å². The first-order valence-electron chi connectivity index (χ1n) is 8.17. The average Bonchev–Trinajstić information content (AvgIpc) is 3.24. The Kier molecular flexibility index (Phi) is 3.51. The van der Waals surface area contributed by atoms with E-state index in [1.54, 1.807) is 24.6 Å². The molecule has 0 N–H and O–H groups in total. The van der Waals surface area contributed by atoms with Crippen LogP contribution < -0.4 is 9.47 Å². The van der Waals surface area contributed by atoms with E-state index >= 15 is 0 Å². The Hall–Kier alpha value is -2.77. The molecule has 5 rings (SSSR count). The molecule has 4 aromatic rings. The lowest BCUT2D eigenvalue weighted by atomic mass is 10.1. The lowest BCUT2D eigenvalue weighted by Gasteiger charge is -2.06. The molecule has 3 heterocycles. The second-order valence-electron chi connectivity index (χ2n) is 6.17. The van der Waals surface area contributed by atoms with Gasteiger partial charge in [0, 0.05) is 24.8 Å². The highest BCUT2D eigenvalue weighted by molar-refractivity contribution is 7.21. The van der Waals surface area contributed by atoms with E-state index in [2.05, 4.69) is 23.0 Å². The summed E-state index contributed by atoms with van der Waals surface area (Å²) in [6.07, 6.45) is 1.76. The van der Waals surface area contributed by atoms with Crippen molar-refractivity contribution in [1.82, 2.24) is 15.0 Å². The van der Waals surface area contributed by atoms with Crippen LogP contribution in [-0.4, -0.2) is 28.9 Å². The minimum atomic E-state index is 0.265. The standard InChI is InChI=1S/C19H15N3O3S/c1-10-3-12(18-14(4-10)21-11(7-20-18)8-23-2)19-22-13-5-15-16(25-9-24-15)6-17(13)26-19/h3-7H,8-9H2,1-2H3. The van der Waals surface area contributed by atoms with Crippen LogP contribution in [0, 0.1) is 6.92 Å². The number of benzene rings is 2. The zero-order chi connectivity index (χ0) is 17.7. The lowest BCUT2D eigenvalue weighted by Crippen LogP contribution is -1.96. The molecule has 0 aliphatic carbocycles. The number of thiazole rings is 1. The van der Waals surface area contributed by atoms with Crippen molar-refractivity contribution < 1.29 is 14.2 Å². The molecular formula is C19H15N3O3S. The normalized spacial score (nSPS) is 13.0. The minimum Gasteiger partial charge on any atom is -0.454 e. The van der Waals surface area contributed by atoms with E-state index in [0.717, 1.165) is 54.6 Å². The number of hydrogen-bond donors (Lipinski definition) is 0. The first-order chi connectivity index (χ1) is 12.7. The van der Waals surface area contributed by atoms with Gasteiger partial charge in [0.25, 0.3) is 0 Å². The molecule has 0 atom stereocenters. The highest BCUT2D eigenvalue weighted by Crippen LogP contribution is 2.41. The van der Waals surface area contributed by atoms with Crippen molar-refractivity contribution in [3.05, 3.63) is 41.7 Å². The zero-order valence-corrected chi connectivity index (χ0v) is 15.1. The molecule has 2 aromatic carbocycles. The maximum Gasteiger partial charge on any atom is 0.231 e. The van der Waals surface area contributed by atoms with Crippen molar-refractivity contribution in [3.63, 3.8) is 0 Å². The molecule has 1 aliphatic rings. The van der Waals surface area contributed by atoms with Gasteiger partial charge in [-0.15, -0.1) is 11.3 Å². The Morgan fingerprint density at radius 2 is 1.92 bits per heavy atom. The van der Waals surface area contributed by atoms with Gasteiger partial charge in [0.15, 0.2) is 11.5 Å². The Labute approximate surface area is 153 Å². The molecule has 0 bridgehead atoms. The number of hydrogen-bond acceptors (Lipinski definition) is 7. The Morgan fingerprint density at radius 3 is 2.77 bits per heavy atom. The van der Waals surface area contributed by atoms with E-state index in [9.17, 15) is 0 Å². The fourth-order valence-corrected chi connectivity index (χ4v) is 4.11. The van der Waals surface area contributed by atoms with Gasteiger partial charge < -0.3 is 14.2 Å². The topological polar surface area (TPSA) is 66.4 Å². The highest BCUT2D eigenvalue weighted by Gasteiger charge is 2.18. The molecule has 26 heavy (non-hydrogen) atoms. The molecule has 7 heteroatoms. The molecule has 0 radical (unpaired) electrons. The van der Waals surface area contributed by atoms with Gasteiger partial charge in [-0.05, 0) is 24.6 Å². The van der Waals surface area contributed by atoms with E-state index in [1.165, 1.54) is 0 Å². The third-order valence-corrected chi connectivity index (χ3v) is 5.30. The van der Waals surface area contributed by atoms with Crippen LogP contribution in [0.15, 0.2) is 30.5 Å². The first-order valence-corrected chi connectivity index (χ1v) is 8.99. The van der Waals surface area contributed by atoms with Crippen molar-refractivity contribution in [3.8, 4) is 22.1 Å². The third kappa shape index (κ3) is 2.48. The van der Waals surface area contributed by atoms with Crippen LogP contribution in [-0.2, 0) is 11.3 Å². The molecule has 2 aromatic heterocycles. The van der Waals surface area contributed by atoms with Gasteiger partial charge in [-0.25, -0.2) is 9.97 Å². The number of methoxy groups -OCH3 is 1. The maximum atomic E-state index is 5.47. The number of aromatic nitrogens is 3. The van der Waals surface area contributed by atoms with Gasteiger partial charge >= 0.3 is 0 Å². The molecule has 0 fully saturated rings. The monoisotopic (exact) mass is 365 g/mol. The SMILES string of the molecule is COCc1cnc2c(-c3nc4cc5c(cc4s3)OCO5)cc(C)cc2n1. The number of aryl methyl sites for hydroxylation is 1. The van der Waals surface area contributed by atoms with Crippen LogP contribution in [0.4, 0.5) is 0 Å². The summed E-state index contributed by atoms with van der Waals surface area (Å²) in [4.78, 5) is 14.1. The number of nitrogens with zero attached hydrogens (tertiary/aromatic N) is 3. The summed E-state index contributed by atoms with van der Waals surface area (Å²) >= 11 is 1.62. The van der Waals surface area contributed by atoms with Crippen molar-refractivity contribution in [2.75, 3.05) is 13.9 Å². The van der Waals surface area contributed by atoms with Crippen LogP contribution >= 0.6 is 11.3 Å². The zero-order valence-electron chi connectivity index (χ0n) is 14.3. The smallest absolute Gasteiger partial charge is 0.231 e. The summed E-state index contributed by atoms with van der Waals surface area (Å²) in [6.45, 7) is 2.76. The molecule has 6 nitrogen and oxygen atoms in total. The van der Waals surface area contributed by atoms with Crippen LogP contribution in [0.25, 0.3) is 31.8 Å². The minimum absolute atomic E-state index is 0.265. The lowest BCUT2D eigenvalue weighted by molar-refractivity contribution is 0.174.